The van der Waals surface area contributed by atoms with Crippen LogP contribution in [0.4, 0.5) is 5.69 Å². The number of aromatic nitrogens is 2. The smallest absolute Gasteiger partial charge is 0.263 e. The first kappa shape index (κ1) is 20.8. The zero-order valence-corrected chi connectivity index (χ0v) is 18.9. The molecule has 8 heteroatoms. The Kier molecular flexibility index (Phi) is 5.79. The lowest BCUT2D eigenvalue weighted by Gasteiger charge is -2.15. The number of amides is 1. The first-order valence-electron chi connectivity index (χ1n) is 9.97. The Morgan fingerprint density at radius 3 is 2.57 bits per heavy atom. The lowest BCUT2D eigenvalue weighted by Crippen LogP contribution is -2.23. The molecule has 0 atom stereocenters. The Balaban J connectivity index is 1.53. The SMILES string of the molecule is CCn1c(SCC(=O)c2ccc(N3CCCC3=O)cc2)nc2sc(C)c(C)c2c1=O. The molecule has 30 heavy (non-hydrogen) atoms. The van der Waals surface area contributed by atoms with E-state index in [-0.39, 0.29) is 23.0 Å². The molecule has 1 amide bonds. The van der Waals surface area contributed by atoms with Gasteiger partial charge >= 0.3 is 0 Å². The molecule has 4 rings (SSSR count). The summed E-state index contributed by atoms with van der Waals surface area (Å²) in [4.78, 5) is 45.8. The number of carbonyl (C=O) groups excluding carboxylic acids is 2. The van der Waals surface area contributed by atoms with Crippen LogP contribution in [0, 0.1) is 13.8 Å². The summed E-state index contributed by atoms with van der Waals surface area (Å²) in [5, 5.41) is 1.26. The largest absolute Gasteiger partial charge is 0.312 e. The Morgan fingerprint density at radius 1 is 1.20 bits per heavy atom. The number of hydrogen-bond donors (Lipinski definition) is 0. The molecule has 0 radical (unpaired) electrons. The maximum atomic E-state index is 12.9. The fraction of sp³-hybridized carbons (Fsp3) is 0.364. The maximum absolute atomic E-state index is 12.9. The standard InChI is InChI=1S/C22H23N3O3S2/c1-4-24-21(28)19-13(2)14(3)30-20(19)23-22(24)29-12-17(26)15-7-9-16(10-8-15)25-11-5-6-18(25)27/h7-10H,4-6,11-12H2,1-3H3. The minimum Gasteiger partial charge on any atom is -0.312 e. The van der Waals surface area contributed by atoms with Gasteiger partial charge < -0.3 is 4.90 Å². The van der Waals surface area contributed by atoms with Crippen LogP contribution in [-0.4, -0.2) is 33.5 Å². The van der Waals surface area contributed by atoms with Crippen LogP contribution in [0.2, 0.25) is 0 Å². The summed E-state index contributed by atoms with van der Waals surface area (Å²) in [6, 6.07) is 7.17. The predicted octanol–water partition coefficient (Wildman–Crippen LogP) is 4.20. The summed E-state index contributed by atoms with van der Waals surface area (Å²) in [6.45, 7) is 7.09. The Hall–Kier alpha value is -2.45. The van der Waals surface area contributed by atoms with Crippen LogP contribution in [0.15, 0.2) is 34.2 Å². The highest BCUT2D eigenvalue weighted by atomic mass is 32.2. The van der Waals surface area contributed by atoms with Crippen LogP contribution in [0.1, 0.15) is 40.6 Å². The van der Waals surface area contributed by atoms with Crippen molar-refractivity contribution < 1.29 is 9.59 Å². The first-order chi connectivity index (χ1) is 14.4. The van der Waals surface area contributed by atoms with Crippen molar-refractivity contribution in [2.75, 3.05) is 17.2 Å². The van der Waals surface area contributed by atoms with Gasteiger partial charge in [0.1, 0.15) is 4.83 Å². The molecule has 0 bridgehead atoms. The number of Topliss-reactive ketones (excluding diaryl/α,β-unsaturated/α-hetero) is 1. The topological polar surface area (TPSA) is 72.3 Å². The fourth-order valence-electron chi connectivity index (χ4n) is 3.66. The molecule has 0 N–H and O–H groups in total. The van der Waals surface area contributed by atoms with Crippen LogP contribution in [0.3, 0.4) is 0 Å². The van der Waals surface area contributed by atoms with E-state index in [9.17, 15) is 14.4 Å². The molecule has 1 aliphatic rings. The number of thioether (sulfide) groups is 1. The van der Waals surface area contributed by atoms with Crippen molar-refractivity contribution in [2.45, 2.75) is 45.3 Å². The van der Waals surface area contributed by atoms with Gasteiger partial charge in [-0.2, -0.15) is 0 Å². The highest BCUT2D eigenvalue weighted by Gasteiger charge is 2.22. The number of benzene rings is 1. The van der Waals surface area contributed by atoms with Crippen molar-refractivity contribution in [3.63, 3.8) is 0 Å². The van der Waals surface area contributed by atoms with Gasteiger partial charge in [-0.3, -0.25) is 19.0 Å². The Labute approximate surface area is 182 Å². The van der Waals surface area contributed by atoms with Gasteiger partial charge in [0.15, 0.2) is 10.9 Å². The van der Waals surface area contributed by atoms with Gasteiger partial charge in [0.25, 0.3) is 5.56 Å². The van der Waals surface area contributed by atoms with E-state index in [1.54, 1.807) is 21.6 Å². The van der Waals surface area contributed by atoms with Gasteiger partial charge in [-0.05, 0) is 57.0 Å². The van der Waals surface area contributed by atoms with Crippen molar-refractivity contribution in [1.82, 2.24) is 9.55 Å². The number of aryl methyl sites for hydroxylation is 2. The maximum Gasteiger partial charge on any atom is 0.263 e. The number of anilines is 1. The number of rotatable bonds is 6. The summed E-state index contributed by atoms with van der Waals surface area (Å²) in [7, 11) is 0. The van der Waals surface area contributed by atoms with Crippen LogP contribution in [0.25, 0.3) is 10.2 Å². The lowest BCUT2D eigenvalue weighted by atomic mass is 10.1. The van der Waals surface area contributed by atoms with E-state index in [0.717, 1.165) is 33.9 Å². The second-order valence-electron chi connectivity index (χ2n) is 7.31. The van der Waals surface area contributed by atoms with Gasteiger partial charge in [-0.15, -0.1) is 11.3 Å². The van der Waals surface area contributed by atoms with Crippen LogP contribution < -0.4 is 10.5 Å². The average molecular weight is 442 g/mol. The molecule has 2 aromatic heterocycles. The third-order valence-corrected chi connectivity index (χ3v) is 7.55. The van der Waals surface area contributed by atoms with Crippen LogP contribution >= 0.6 is 23.1 Å². The highest BCUT2D eigenvalue weighted by molar-refractivity contribution is 7.99. The molecule has 1 fully saturated rings. The zero-order chi connectivity index (χ0) is 21.4. The average Bonchev–Trinajstić information content (AvgIpc) is 3.29. The third kappa shape index (κ3) is 3.70. The van der Waals surface area contributed by atoms with E-state index in [4.69, 9.17) is 0 Å². The molecule has 1 saturated heterocycles. The summed E-state index contributed by atoms with van der Waals surface area (Å²) < 4.78 is 1.64. The van der Waals surface area contributed by atoms with Crippen molar-refractivity contribution >= 4 is 50.7 Å². The van der Waals surface area contributed by atoms with E-state index in [1.165, 1.54) is 23.1 Å². The number of carbonyl (C=O) groups is 2. The van der Waals surface area contributed by atoms with Gasteiger partial charge in [0, 0.05) is 35.6 Å². The van der Waals surface area contributed by atoms with Gasteiger partial charge in [0.2, 0.25) is 5.91 Å². The van der Waals surface area contributed by atoms with E-state index in [2.05, 4.69) is 4.98 Å². The van der Waals surface area contributed by atoms with E-state index < -0.39 is 0 Å². The normalized spacial score (nSPS) is 14.1. The van der Waals surface area contributed by atoms with Crippen molar-refractivity contribution in [2.24, 2.45) is 0 Å². The Morgan fingerprint density at radius 2 is 1.93 bits per heavy atom. The predicted molar refractivity (Wildman–Crippen MR) is 122 cm³/mol. The molecule has 0 aliphatic carbocycles. The second kappa shape index (κ2) is 8.35. The van der Waals surface area contributed by atoms with Gasteiger partial charge in [-0.1, -0.05) is 11.8 Å². The summed E-state index contributed by atoms with van der Waals surface area (Å²) in [5.41, 5.74) is 2.36. The van der Waals surface area contributed by atoms with Crippen molar-refractivity contribution in [3.8, 4) is 0 Å². The quantitative estimate of drug-likeness (QED) is 0.326. The van der Waals surface area contributed by atoms with Crippen molar-refractivity contribution in [1.29, 1.82) is 0 Å². The summed E-state index contributed by atoms with van der Waals surface area (Å²) >= 11 is 2.81. The van der Waals surface area contributed by atoms with Gasteiger partial charge in [0.05, 0.1) is 11.1 Å². The molecule has 1 aliphatic heterocycles. The minimum absolute atomic E-state index is 0.0326. The monoisotopic (exact) mass is 441 g/mol. The fourth-order valence-corrected chi connectivity index (χ4v) is 5.69. The lowest BCUT2D eigenvalue weighted by molar-refractivity contribution is -0.117. The van der Waals surface area contributed by atoms with E-state index in [1.807, 2.05) is 32.9 Å². The zero-order valence-electron chi connectivity index (χ0n) is 17.2. The third-order valence-electron chi connectivity index (χ3n) is 5.48. The number of nitrogens with zero attached hydrogens (tertiary/aromatic N) is 3. The number of thiophene rings is 1. The van der Waals surface area contributed by atoms with E-state index >= 15 is 0 Å². The summed E-state index contributed by atoms with van der Waals surface area (Å²) in [6.07, 6.45) is 1.45. The molecule has 3 heterocycles. The molecule has 0 saturated carbocycles. The van der Waals surface area contributed by atoms with Crippen LogP contribution in [0.5, 0.6) is 0 Å². The molecule has 0 unspecified atom stereocenters. The second-order valence-corrected chi connectivity index (χ2v) is 9.46. The molecule has 3 aromatic rings. The van der Waals surface area contributed by atoms with Gasteiger partial charge in [-0.25, -0.2) is 4.98 Å². The summed E-state index contributed by atoms with van der Waals surface area (Å²) in [5.74, 6) is 0.293. The minimum atomic E-state index is -0.0427. The number of ketones is 1. The number of fused-ring (bicyclic) bond motifs is 1. The molecular formula is C22H23N3O3S2. The molecular weight excluding hydrogens is 418 g/mol. The molecule has 6 nitrogen and oxygen atoms in total. The van der Waals surface area contributed by atoms with E-state index in [0.29, 0.717) is 29.1 Å². The molecule has 1 aromatic carbocycles. The molecule has 156 valence electrons. The van der Waals surface area contributed by atoms with Crippen molar-refractivity contribution in [3.05, 3.63) is 50.6 Å². The molecule has 0 spiro atoms. The highest BCUT2D eigenvalue weighted by Crippen LogP contribution is 2.29. The number of hydrogen-bond acceptors (Lipinski definition) is 6. The first-order valence-corrected chi connectivity index (χ1v) is 11.8. The van der Waals surface area contributed by atoms with Crippen LogP contribution in [-0.2, 0) is 11.3 Å². The Bertz CT molecular complexity index is 1200.